The van der Waals surface area contributed by atoms with E-state index in [0.29, 0.717) is 6.29 Å². The molecule has 0 aromatic carbocycles. The number of allylic oxidation sites excluding steroid dienone is 6. The van der Waals surface area contributed by atoms with Crippen LogP contribution in [0.25, 0.3) is 0 Å². The summed E-state index contributed by atoms with van der Waals surface area (Å²) in [6.07, 6.45) is 2.46. The number of halogens is 6. The molecule has 3 nitrogen and oxygen atoms in total. The first-order valence-corrected chi connectivity index (χ1v) is 8.56. The summed E-state index contributed by atoms with van der Waals surface area (Å²) in [5.41, 5.74) is -5.67. The van der Waals surface area contributed by atoms with E-state index in [1.807, 2.05) is 0 Å². The molecule has 0 bridgehead atoms. The Balaban J connectivity index is 2.20. The van der Waals surface area contributed by atoms with E-state index in [9.17, 15) is 35.9 Å². The molecule has 2 atom stereocenters. The summed E-state index contributed by atoms with van der Waals surface area (Å²) in [5.74, 6) is -15.9. The second-order valence-electron chi connectivity index (χ2n) is 7.07. The van der Waals surface area contributed by atoms with Crippen molar-refractivity contribution in [1.82, 2.24) is 5.32 Å². The Morgan fingerprint density at radius 2 is 1.41 bits per heavy atom. The van der Waals surface area contributed by atoms with Crippen molar-refractivity contribution in [3.05, 3.63) is 45.0 Å². The van der Waals surface area contributed by atoms with Gasteiger partial charge in [0.05, 0.1) is 16.0 Å². The van der Waals surface area contributed by atoms with Gasteiger partial charge in [-0.15, -0.1) is 0 Å². The normalized spacial score (nSPS) is 37.2. The number of aldehydes is 2. The highest BCUT2D eigenvalue weighted by molar-refractivity contribution is 8.05. The zero-order chi connectivity index (χ0) is 20.2. The first kappa shape index (κ1) is 18.4. The van der Waals surface area contributed by atoms with Crippen molar-refractivity contribution in [2.75, 3.05) is 0 Å². The monoisotopic (exact) mass is 407 g/mol. The van der Waals surface area contributed by atoms with Crippen LogP contribution < -0.4 is 5.32 Å². The highest BCUT2D eigenvalue weighted by atomic mass is 32.2. The zero-order valence-electron chi connectivity index (χ0n) is 13.8. The third kappa shape index (κ3) is 1.69. The van der Waals surface area contributed by atoms with Crippen molar-refractivity contribution in [3.63, 3.8) is 0 Å². The van der Waals surface area contributed by atoms with Crippen LogP contribution in [0.15, 0.2) is 45.0 Å². The minimum Gasteiger partial charge on any atom is -0.367 e. The lowest BCUT2D eigenvalue weighted by atomic mass is 9.68. The molecule has 0 aromatic rings. The summed E-state index contributed by atoms with van der Waals surface area (Å²) >= 11 is 0.859. The first-order valence-electron chi connectivity index (χ1n) is 7.75. The number of fused-ring (bicyclic) bond motifs is 1. The molecule has 0 saturated heterocycles. The molecule has 1 saturated carbocycles. The van der Waals surface area contributed by atoms with Gasteiger partial charge in [-0.3, -0.25) is 9.59 Å². The number of rotatable bonds is 2. The molecular weight excluding hydrogens is 396 g/mol. The number of carbonyl (C=O) groups is 2. The average Bonchev–Trinajstić information content (AvgIpc) is 2.89. The number of thioether (sulfide) groups is 1. The Kier molecular flexibility index (Phi) is 3.21. The van der Waals surface area contributed by atoms with Crippen LogP contribution in [0.5, 0.6) is 0 Å². The van der Waals surface area contributed by atoms with Crippen molar-refractivity contribution < 1.29 is 35.9 Å². The van der Waals surface area contributed by atoms with Gasteiger partial charge in [0.25, 0.3) is 0 Å². The van der Waals surface area contributed by atoms with Gasteiger partial charge in [-0.05, 0) is 37.1 Å². The van der Waals surface area contributed by atoms with Gasteiger partial charge in [0.1, 0.15) is 0 Å². The standard InChI is InChI=1S/C17H11F6NO2S/c1-13-9-3-7(5-25)24-14(13,2)27-8(6-26)4-10(13)12-11(9)15(18,19)17(22,23)16(12,20)21/h3-6,24H,1-2H3/t13-,14-/m1/s1. The molecule has 10 heteroatoms. The van der Waals surface area contributed by atoms with Crippen LogP contribution in [0.4, 0.5) is 26.3 Å². The first-order chi connectivity index (χ1) is 12.3. The lowest BCUT2D eigenvalue weighted by molar-refractivity contribution is -0.258. The SMILES string of the molecule is C[C@@]12C3=C4C(=C1C=C(C=O)S[C@@]2(C)NC(C=O)=C3)C(F)(F)C(F)(F)C4(F)F. The predicted molar refractivity (Wildman–Crippen MR) is 84.4 cm³/mol. The quantitative estimate of drug-likeness (QED) is 0.560. The summed E-state index contributed by atoms with van der Waals surface area (Å²) < 4.78 is 86.2. The van der Waals surface area contributed by atoms with Gasteiger partial charge in [0.2, 0.25) is 0 Å². The van der Waals surface area contributed by atoms with Crippen molar-refractivity contribution >= 4 is 24.3 Å². The number of hydrogen-bond acceptors (Lipinski definition) is 4. The maximum Gasteiger partial charge on any atom is 0.380 e. The fraction of sp³-hybridized carbons (Fsp3) is 0.412. The highest BCUT2D eigenvalue weighted by Gasteiger charge is 2.84. The van der Waals surface area contributed by atoms with Gasteiger partial charge < -0.3 is 5.32 Å². The van der Waals surface area contributed by atoms with Crippen molar-refractivity contribution in [2.45, 2.75) is 36.5 Å². The molecule has 4 rings (SSSR count). The number of alkyl halides is 6. The fourth-order valence-electron chi connectivity index (χ4n) is 4.27. The minimum absolute atomic E-state index is 0.105. The Hall–Kier alpha value is -1.97. The second kappa shape index (κ2) is 4.71. The largest absolute Gasteiger partial charge is 0.380 e. The molecule has 144 valence electrons. The molecule has 2 heterocycles. The molecule has 0 amide bonds. The van der Waals surface area contributed by atoms with Crippen LogP contribution in [-0.2, 0) is 9.59 Å². The van der Waals surface area contributed by atoms with Crippen LogP contribution in [0.1, 0.15) is 13.8 Å². The van der Waals surface area contributed by atoms with Gasteiger partial charge in [-0.1, -0.05) is 11.8 Å². The van der Waals surface area contributed by atoms with E-state index in [4.69, 9.17) is 0 Å². The summed E-state index contributed by atoms with van der Waals surface area (Å²) in [6, 6.07) is 0. The Morgan fingerprint density at radius 3 is 1.89 bits per heavy atom. The molecule has 27 heavy (non-hydrogen) atoms. The molecule has 4 aliphatic rings. The smallest absolute Gasteiger partial charge is 0.367 e. The van der Waals surface area contributed by atoms with Crippen LogP contribution in [-0.4, -0.2) is 35.2 Å². The van der Waals surface area contributed by atoms with Gasteiger partial charge in [0, 0.05) is 16.1 Å². The van der Waals surface area contributed by atoms with E-state index < -0.39 is 50.3 Å². The number of hydrogen-bond donors (Lipinski definition) is 1. The van der Waals surface area contributed by atoms with Gasteiger partial charge in [-0.2, -0.15) is 26.3 Å². The second-order valence-corrected chi connectivity index (χ2v) is 8.56. The molecule has 0 radical (unpaired) electrons. The van der Waals surface area contributed by atoms with Crippen molar-refractivity contribution in [2.24, 2.45) is 5.41 Å². The molecule has 0 aromatic heterocycles. The van der Waals surface area contributed by atoms with E-state index in [0.717, 1.165) is 23.9 Å². The summed E-state index contributed by atoms with van der Waals surface area (Å²) in [7, 11) is 0. The Bertz CT molecular complexity index is 877. The molecule has 2 aliphatic carbocycles. The van der Waals surface area contributed by atoms with Crippen LogP contribution in [0.3, 0.4) is 0 Å². The molecular formula is C17H11F6NO2S. The highest BCUT2D eigenvalue weighted by Crippen LogP contribution is 2.73. The Morgan fingerprint density at radius 1 is 0.889 bits per heavy atom. The topological polar surface area (TPSA) is 46.2 Å². The van der Waals surface area contributed by atoms with Crippen LogP contribution in [0, 0.1) is 5.41 Å². The number of nitrogens with one attached hydrogen (secondary N) is 1. The average molecular weight is 407 g/mol. The van der Waals surface area contributed by atoms with Crippen LogP contribution >= 0.6 is 11.8 Å². The zero-order valence-corrected chi connectivity index (χ0v) is 14.6. The van der Waals surface area contributed by atoms with Gasteiger partial charge in [-0.25, -0.2) is 0 Å². The molecule has 1 fully saturated rings. The lowest BCUT2D eigenvalue weighted by Crippen LogP contribution is -2.58. The van der Waals surface area contributed by atoms with Crippen molar-refractivity contribution in [1.29, 1.82) is 0 Å². The van der Waals surface area contributed by atoms with E-state index >= 15 is 0 Å². The molecule has 1 N–H and O–H groups in total. The maximum absolute atomic E-state index is 14.5. The van der Waals surface area contributed by atoms with Gasteiger partial charge in [0.15, 0.2) is 12.6 Å². The molecule has 0 spiro atoms. The van der Waals surface area contributed by atoms with Crippen molar-refractivity contribution in [3.8, 4) is 0 Å². The van der Waals surface area contributed by atoms with E-state index in [1.54, 1.807) is 0 Å². The fourth-order valence-corrected chi connectivity index (χ4v) is 5.56. The van der Waals surface area contributed by atoms with E-state index in [-0.39, 0.29) is 16.9 Å². The summed E-state index contributed by atoms with van der Waals surface area (Å²) in [5, 5.41) is 2.76. The van der Waals surface area contributed by atoms with E-state index in [1.165, 1.54) is 13.8 Å². The Labute approximate surface area is 153 Å². The predicted octanol–water partition coefficient (Wildman–Crippen LogP) is 3.75. The van der Waals surface area contributed by atoms with Crippen LogP contribution in [0.2, 0.25) is 0 Å². The van der Waals surface area contributed by atoms with Gasteiger partial charge >= 0.3 is 17.8 Å². The van der Waals surface area contributed by atoms with E-state index in [2.05, 4.69) is 5.32 Å². The third-order valence-corrected chi connectivity index (χ3v) is 7.14. The lowest BCUT2D eigenvalue weighted by Gasteiger charge is -2.52. The molecule has 0 unspecified atom stereocenters. The minimum atomic E-state index is -5.64. The third-order valence-electron chi connectivity index (χ3n) is 5.77. The summed E-state index contributed by atoms with van der Waals surface area (Å²) in [6.45, 7) is 2.80. The summed E-state index contributed by atoms with van der Waals surface area (Å²) in [4.78, 5) is 21.1. The maximum atomic E-state index is 14.5. The molecule has 2 aliphatic heterocycles. The number of carbonyl (C=O) groups excluding carboxylic acids is 2.